The largest absolute Gasteiger partial charge is 0.245 e. The quantitative estimate of drug-likeness (QED) is 0.708. The second-order valence-corrected chi connectivity index (χ2v) is 4.74. The summed E-state index contributed by atoms with van der Waals surface area (Å²) in [6, 6.07) is 24.9. The first-order chi connectivity index (χ1) is 10.8. The molecule has 3 nitrogen and oxygen atoms in total. The average Bonchev–Trinajstić information content (AvgIpc) is 2.62. The van der Waals surface area contributed by atoms with Gasteiger partial charge >= 0.3 is 0 Å². The van der Waals surface area contributed by atoms with Gasteiger partial charge in [0.15, 0.2) is 0 Å². The molecule has 0 aliphatic carbocycles. The molecular formula is C19H11N3. The smallest absolute Gasteiger partial charge is 0.101 e. The van der Waals surface area contributed by atoms with Crippen molar-refractivity contribution in [2.75, 3.05) is 0 Å². The number of aromatic nitrogens is 1. The van der Waals surface area contributed by atoms with Crippen LogP contribution in [0.1, 0.15) is 11.1 Å². The van der Waals surface area contributed by atoms with Gasteiger partial charge in [-0.25, -0.2) is 4.98 Å². The van der Waals surface area contributed by atoms with Gasteiger partial charge in [0.1, 0.15) is 12.1 Å². The summed E-state index contributed by atoms with van der Waals surface area (Å²) in [6.07, 6.45) is 0. The van der Waals surface area contributed by atoms with E-state index in [2.05, 4.69) is 17.1 Å². The second kappa shape index (κ2) is 5.91. The summed E-state index contributed by atoms with van der Waals surface area (Å²) in [5.74, 6) is 0. The highest BCUT2D eigenvalue weighted by Crippen LogP contribution is 2.28. The van der Waals surface area contributed by atoms with Crippen molar-refractivity contribution < 1.29 is 0 Å². The van der Waals surface area contributed by atoms with Crippen LogP contribution in [0.4, 0.5) is 0 Å². The average molecular weight is 281 g/mol. The summed E-state index contributed by atoms with van der Waals surface area (Å²) >= 11 is 0. The Morgan fingerprint density at radius 1 is 0.636 bits per heavy atom. The molecular weight excluding hydrogens is 270 g/mol. The lowest BCUT2D eigenvalue weighted by molar-refractivity contribution is 1.28. The summed E-state index contributed by atoms with van der Waals surface area (Å²) in [5.41, 5.74) is 3.73. The van der Waals surface area contributed by atoms with E-state index in [0.29, 0.717) is 22.5 Å². The molecule has 0 unspecified atom stereocenters. The van der Waals surface area contributed by atoms with E-state index in [1.54, 1.807) is 6.07 Å². The molecule has 0 N–H and O–H groups in total. The van der Waals surface area contributed by atoms with Crippen LogP contribution in [0.15, 0.2) is 66.7 Å². The lowest BCUT2D eigenvalue weighted by Crippen LogP contribution is -1.96. The Labute approximate surface area is 128 Å². The van der Waals surface area contributed by atoms with Gasteiger partial charge in [-0.1, -0.05) is 60.7 Å². The van der Waals surface area contributed by atoms with Gasteiger partial charge in [0.2, 0.25) is 0 Å². The number of nitriles is 2. The van der Waals surface area contributed by atoms with Gasteiger partial charge in [-0.3, -0.25) is 0 Å². The van der Waals surface area contributed by atoms with Gasteiger partial charge < -0.3 is 0 Å². The molecule has 0 atom stereocenters. The van der Waals surface area contributed by atoms with Gasteiger partial charge in [0.25, 0.3) is 0 Å². The van der Waals surface area contributed by atoms with Crippen molar-refractivity contribution >= 4 is 0 Å². The van der Waals surface area contributed by atoms with E-state index in [0.717, 1.165) is 11.1 Å². The Morgan fingerprint density at radius 2 is 1.05 bits per heavy atom. The molecule has 0 radical (unpaired) electrons. The first kappa shape index (κ1) is 13.5. The van der Waals surface area contributed by atoms with E-state index < -0.39 is 0 Å². The Balaban J connectivity index is 2.28. The van der Waals surface area contributed by atoms with Crippen LogP contribution in [0.25, 0.3) is 22.5 Å². The standard InChI is InChI=1S/C19H11N3/c20-12-16-11-17(13-21)19(15-9-5-2-6-10-15)22-18(16)14-7-3-1-4-8-14/h1-11H. The predicted molar refractivity (Wildman–Crippen MR) is 84.5 cm³/mol. The lowest BCUT2D eigenvalue weighted by atomic mass is 10.00. The maximum atomic E-state index is 9.36. The van der Waals surface area contributed by atoms with Gasteiger partial charge in [-0.2, -0.15) is 10.5 Å². The van der Waals surface area contributed by atoms with Gasteiger partial charge in [0.05, 0.1) is 22.5 Å². The van der Waals surface area contributed by atoms with E-state index in [1.165, 1.54) is 0 Å². The number of hydrogen-bond acceptors (Lipinski definition) is 3. The Kier molecular flexibility index (Phi) is 3.64. The van der Waals surface area contributed by atoms with Gasteiger partial charge in [-0.15, -0.1) is 0 Å². The predicted octanol–water partition coefficient (Wildman–Crippen LogP) is 4.16. The summed E-state index contributed by atoms with van der Waals surface area (Å²) in [7, 11) is 0. The second-order valence-electron chi connectivity index (χ2n) is 4.74. The molecule has 0 amide bonds. The zero-order valence-corrected chi connectivity index (χ0v) is 11.7. The van der Waals surface area contributed by atoms with E-state index in [4.69, 9.17) is 0 Å². The molecule has 1 aromatic heterocycles. The van der Waals surface area contributed by atoms with Crippen molar-refractivity contribution in [1.82, 2.24) is 4.98 Å². The summed E-state index contributed by atoms with van der Waals surface area (Å²) in [4.78, 5) is 4.61. The van der Waals surface area contributed by atoms with Crippen LogP contribution >= 0.6 is 0 Å². The van der Waals surface area contributed by atoms with Crippen LogP contribution in [-0.2, 0) is 0 Å². The molecule has 0 saturated carbocycles. The maximum absolute atomic E-state index is 9.36. The molecule has 0 saturated heterocycles. The third-order valence-electron chi connectivity index (χ3n) is 3.36. The third-order valence-corrected chi connectivity index (χ3v) is 3.36. The monoisotopic (exact) mass is 281 g/mol. The topological polar surface area (TPSA) is 60.5 Å². The number of benzene rings is 2. The highest BCUT2D eigenvalue weighted by atomic mass is 14.7. The molecule has 102 valence electrons. The van der Waals surface area contributed by atoms with Gasteiger partial charge in [-0.05, 0) is 6.07 Å². The first-order valence-electron chi connectivity index (χ1n) is 6.79. The molecule has 3 heteroatoms. The Hall–Kier alpha value is -3.43. The van der Waals surface area contributed by atoms with E-state index in [9.17, 15) is 10.5 Å². The molecule has 0 aliphatic heterocycles. The molecule has 0 bridgehead atoms. The minimum absolute atomic E-state index is 0.405. The zero-order valence-electron chi connectivity index (χ0n) is 11.7. The van der Waals surface area contributed by atoms with E-state index >= 15 is 0 Å². The SMILES string of the molecule is N#Cc1cc(C#N)c(-c2ccccc2)nc1-c1ccccc1. The summed E-state index contributed by atoms with van der Waals surface area (Å²) in [6.45, 7) is 0. The summed E-state index contributed by atoms with van der Waals surface area (Å²) < 4.78 is 0. The van der Waals surface area contributed by atoms with Crippen molar-refractivity contribution in [2.45, 2.75) is 0 Å². The van der Waals surface area contributed by atoms with Crippen molar-refractivity contribution in [3.05, 3.63) is 77.9 Å². The highest BCUT2D eigenvalue weighted by molar-refractivity contribution is 5.75. The molecule has 3 rings (SSSR count). The fourth-order valence-corrected chi connectivity index (χ4v) is 2.32. The minimum Gasteiger partial charge on any atom is -0.245 e. The number of pyridine rings is 1. The van der Waals surface area contributed by atoms with Crippen LogP contribution in [0.5, 0.6) is 0 Å². The van der Waals surface area contributed by atoms with Crippen LogP contribution in [0, 0.1) is 22.7 Å². The molecule has 1 heterocycles. The lowest BCUT2D eigenvalue weighted by Gasteiger charge is -2.09. The van der Waals surface area contributed by atoms with Crippen LogP contribution in [0.2, 0.25) is 0 Å². The van der Waals surface area contributed by atoms with E-state index in [1.807, 2.05) is 60.7 Å². The molecule has 3 aromatic rings. The zero-order chi connectivity index (χ0) is 15.4. The van der Waals surface area contributed by atoms with Gasteiger partial charge in [0, 0.05) is 11.1 Å². The molecule has 2 aromatic carbocycles. The molecule has 22 heavy (non-hydrogen) atoms. The highest BCUT2D eigenvalue weighted by Gasteiger charge is 2.14. The first-order valence-corrected chi connectivity index (χ1v) is 6.79. The van der Waals surface area contributed by atoms with Crippen molar-refractivity contribution in [3.8, 4) is 34.7 Å². The minimum atomic E-state index is 0.405. The number of rotatable bonds is 2. The molecule has 0 aliphatic rings. The fraction of sp³-hybridized carbons (Fsp3) is 0. The van der Waals surface area contributed by atoms with Crippen molar-refractivity contribution in [3.63, 3.8) is 0 Å². The maximum Gasteiger partial charge on any atom is 0.101 e. The third kappa shape index (κ3) is 2.44. The Bertz CT molecular complexity index is 813. The van der Waals surface area contributed by atoms with Crippen molar-refractivity contribution in [1.29, 1.82) is 10.5 Å². The van der Waals surface area contributed by atoms with Crippen LogP contribution in [-0.4, -0.2) is 4.98 Å². The van der Waals surface area contributed by atoms with Crippen LogP contribution < -0.4 is 0 Å². The van der Waals surface area contributed by atoms with E-state index in [-0.39, 0.29) is 0 Å². The van der Waals surface area contributed by atoms with Crippen LogP contribution in [0.3, 0.4) is 0 Å². The van der Waals surface area contributed by atoms with Crippen molar-refractivity contribution in [2.24, 2.45) is 0 Å². The fourth-order valence-electron chi connectivity index (χ4n) is 2.32. The molecule has 0 fully saturated rings. The number of nitrogens with zero attached hydrogens (tertiary/aromatic N) is 3. The Morgan fingerprint density at radius 3 is 1.41 bits per heavy atom. The molecule has 0 spiro atoms. The normalized spacial score (nSPS) is 9.73. The summed E-state index contributed by atoms with van der Waals surface area (Å²) in [5, 5.41) is 18.7. The number of hydrogen-bond donors (Lipinski definition) is 0.